The first-order chi connectivity index (χ1) is 12.0. The number of aromatic nitrogens is 3. The topological polar surface area (TPSA) is 97.0 Å². The van der Waals surface area contributed by atoms with Gasteiger partial charge < -0.3 is 15.0 Å². The molecule has 0 saturated heterocycles. The highest BCUT2D eigenvalue weighted by Gasteiger charge is 2.34. The monoisotopic (exact) mass is 362 g/mol. The SMILES string of the molecule is COCC1(CNC(=O)c2cnc(-c3csc(C)n3)[nH]c2=O)CCCC1. The third-order valence-electron chi connectivity index (χ3n) is 4.64. The molecule has 2 heterocycles. The molecule has 7 nitrogen and oxygen atoms in total. The number of nitrogens with zero attached hydrogens (tertiary/aromatic N) is 2. The van der Waals surface area contributed by atoms with Crippen molar-refractivity contribution in [3.63, 3.8) is 0 Å². The van der Waals surface area contributed by atoms with E-state index in [1.54, 1.807) is 7.11 Å². The second-order valence-electron chi connectivity index (χ2n) is 6.55. The van der Waals surface area contributed by atoms with Crippen molar-refractivity contribution in [1.82, 2.24) is 20.3 Å². The molecule has 134 valence electrons. The largest absolute Gasteiger partial charge is 0.384 e. The fraction of sp³-hybridized carbons (Fsp3) is 0.529. The van der Waals surface area contributed by atoms with Crippen LogP contribution in [0.1, 0.15) is 41.0 Å². The van der Waals surface area contributed by atoms with Crippen LogP contribution in [0.2, 0.25) is 0 Å². The van der Waals surface area contributed by atoms with Gasteiger partial charge in [-0.15, -0.1) is 11.3 Å². The van der Waals surface area contributed by atoms with E-state index in [0.717, 1.165) is 30.7 Å². The van der Waals surface area contributed by atoms with Crippen LogP contribution in [0.25, 0.3) is 11.5 Å². The summed E-state index contributed by atoms with van der Waals surface area (Å²) < 4.78 is 5.32. The van der Waals surface area contributed by atoms with Crippen LogP contribution in [-0.4, -0.2) is 41.1 Å². The van der Waals surface area contributed by atoms with E-state index in [1.807, 2.05) is 12.3 Å². The smallest absolute Gasteiger partial charge is 0.264 e. The summed E-state index contributed by atoms with van der Waals surface area (Å²) in [4.78, 5) is 35.8. The van der Waals surface area contributed by atoms with Gasteiger partial charge in [0, 0.05) is 30.6 Å². The number of carbonyl (C=O) groups excluding carboxylic acids is 1. The molecule has 2 N–H and O–H groups in total. The Balaban J connectivity index is 1.71. The minimum atomic E-state index is -0.458. The standard InChI is InChI=1S/C17H22N4O3S/c1-11-20-13(8-25-11)14-18-7-12(16(23)21-14)15(22)19-9-17(10-24-2)5-3-4-6-17/h7-8H,3-6,9-10H2,1-2H3,(H,19,22)(H,18,21,23). The third-order valence-corrected chi connectivity index (χ3v) is 5.42. The molecule has 1 amide bonds. The summed E-state index contributed by atoms with van der Waals surface area (Å²) in [6.45, 7) is 3.00. The van der Waals surface area contributed by atoms with E-state index in [1.165, 1.54) is 17.5 Å². The van der Waals surface area contributed by atoms with Gasteiger partial charge >= 0.3 is 0 Å². The summed E-state index contributed by atoms with van der Waals surface area (Å²) in [5.74, 6) is -0.0327. The van der Waals surface area contributed by atoms with Crippen LogP contribution < -0.4 is 10.9 Å². The Bertz CT molecular complexity index is 808. The number of aryl methyl sites for hydroxylation is 1. The van der Waals surface area contributed by atoms with Crippen LogP contribution in [0.3, 0.4) is 0 Å². The first-order valence-corrected chi connectivity index (χ1v) is 9.20. The average molecular weight is 362 g/mol. The first kappa shape index (κ1) is 17.8. The Kier molecular flexibility index (Phi) is 5.29. The number of hydrogen-bond acceptors (Lipinski definition) is 6. The van der Waals surface area contributed by atoms with Gasteiger partial charge in [-0.2, -0.15) is 0 Å². The van der Waals surface area contributed by atoms with Crippen molar-refractivity contribution in [3.05, 3.63) is 32.5 Å². The molecule has 0 atom stereocenters. The van der Waals surface area contributed by atoms with Gasteiger partial charge in [-0.05, 0) is 19.8 Å². The minimum absolute atomic E-state index is 0.0151. The highest BCUT2D eigenvalue weighted by Crippen LogP contribution is 2.37. The molecule has 0 aliphatic heterocycles. The predicted molar refractivity (Wildman–Crippen MR) is 95.8 cm³/mol. The fourth-order valence-electron chi connectivity index (χ4n) is 3.33. The molecule has 0 bridgehead atoms. The predicted octanol–water partition coefficient (Wildman–Crippen LogP) is 2.14. The quantitative estimate of drug-likeness (QED) is 0.820. The van der Waals surface area contributed by atoms with Gasteiger partial charge in [0.2, 0.25) is 0 Å². The molecule has 0 aromatic carbocycles. The molecule has 1 aliphatic rings. The molecular formula is C17H22N4O3S. The Morgan fingerprint density at radius 2 is 2.20 bits per heavy atom. The van der Waals surface area contributed by atoms with Gasteiger partial charge in [0.1, 0.15) is 11.3 Å². The number of amides is 1. The molecule has 3 rings (SSSR count). The second kappa shape index (κ2) is 7.45. The van der Waals surface area contributed by atoms with E-state index in [4.69, 9.17) is 4.74 Å². The average Bonchev–Trinajstić information content (AvgIpc) is 3.23. The molecule has 1 fully saturated rings. The molecular weight excluding hydrogens is 340 g/mol. The maximum atomic E-state index is 12.4. The lowest BCUT2D eigenvalue weighted by molar-refractivity contribution is 0.0740. The molecule has 0 spiro atoms. The van der Waals surface area contributed by atoms with Gasteiger partial charge in [-0.1, -0.05) is 12.8 Å². The Hall–Kier alpha value is -2.06. The maximum Gasteiger partial charge on any atom is 0.264 e. The van der Waals surface area contributed by atoms with E-state index in [9.17, 15) is 9.59 Å². The summed E-state index contributed by atoms with van der Waals surface area (Å²) in [6, 6.07) is 0. The van der Waals surface area contributed by atoms with E-state index in [-0.39, 0.29) is 11.0 Å². The van der Waals surface area contributed by atoms with Crippen molar-refractivity contribution >= 4 is 17.2 Å². The zero-order valence-electron chi connectivity index (χ0n) is 14.4. The summed E-state index contributed by atoms with van der Waals surface area (Å²) in [6.07, 6.45) is 5.65. The number of aromatic amines is 1. The van der Waals surface area contributed by atoms with E-state index in [0.29, 0.717) is 24.7 Å². The number of nitrogens with one attached hydrogen (secondary N) is 2. The second-order valence-corrected chi connectivity index (χ2v) is 7.61. The van der Waals surface area contributed by atoms with Gasteiger partial charge in [-0.25, -0.2) is 9.97 Å². The van der Waals surface area contributed by atoms with E-state index in [2.05, 4.69) is 20.3 Å². The number of rotatable bonds is 6. The minimum Gasteiger partial charge on any atom is -0.384 e. The lowest BCUT2D eigenvalue weighted by atomic mass is 9.87. The third kappa shape index (κ3) is 3.96. The van der Waals surface area contributed by atoms with Crippen LogP contribution in [0.15, 0.2) is 16.4 Å². The van der Waals surface area contributed by atoms with Gasteiger partial charge in [-0.3, -0.25) is 9.59 Å². The highest BCUT2D eigenvalue weighted by atomic mass is 32.1. The van der Waals surface area contributed by atoms with Crippen molar-refractivity contribution in [2.24, 2.45) is 5.41 Å². The fourth-order valence-corrected chi connectivity index (χ4v) is 3.92. The van der Waals surface area contributed by atoms with Gasteiger partial charge in [0.25, 0.3) is 11.5 Å². The zero-order valence-corrected chi connectivity index (χ0v) is 15.2. The lowest BCUT2D eigenvalue weighted by Crippen LogP contribution is -2.40. The van der Waals surface area contributed by atoms with Crippen LogP contribution in [0, 0.1) is 12.3 Å². The molecule has 2 aromatic heterocycles. The molecule has 2 aromatic rings. The Morgan fingerprint density at radius 1 is 1.44 bits per heavy atom. The van der Waals surface area contributed by atoms with Crippen LogP contribution in [0.5, 0.6) is 0 Å². The number of methoxy groups -OCH3 is 1. The molecule has 1 saturated carbocycles. The Labute approximate surface area is 149 Å². The number of thiazole rings is 1. The summed E-state index contributed by atoms with van der Waals surface area (Å²) in [7, 11) is 1.68. The summed E-state index contributed by atoms with van der Waals surface area (Å²) in [5, 5.41) is 5.59. The molecule has 1 aliphatic carbocycles. The van der Waals surface area contributed by atoms with Gasteiger partial charge in [0.15, 0.2) is 5.82 Å². The van der Waals surface area contributed by atoms with Crippen molar-refractivity contribution < 1.29 is 9.53 Å². The van der Waals surface area contributed by atoms with Crippen LogP contribution in [-0.2, 0) is 4.74 Å². The zero-order chi connectivity index (χ0) is 17.9. The molecule has 8 heteroatoms. The molecule has 0 unspecified atom stereocenters. The number of hydrogen-bond donors (Lipinski definition) is 2. The normalized spacial score (nSPS) is 16.1. The molecule has 25 heavy (non-hydrogen) atoms. The number of carbonyl (C=O) groups is 1. The van der Waals surface area contributed by atoms with Crippen molar-refractivity contribution in [2.75, 3.05) is 20.3 Å². The lowest BCUT2D eigenvalue weighted by Gasteiger charge is -2.28. The van der Waals surface area contributed by atoms with Crippen molar-refractivity contribution in [2.45, 2.75) is 32.6 Å². The van der Waals surface area contributed by atoms with Gasteiger partial charge in [0.05, 0.1) is 11.6 Å². The van der Waals surface area contributed by atoms with Crippen LogP contribution in [0.4, 0.5) is 0 Å². The van der Waals surface area contributed by atoms with Crippen molar-refractivity contribution in [3.8, 4) is 11.5 Å². The molecule has 0 radical (unpaired) electrons. The van der Waals surface area contributed by atoms with Crippen molar-refractivity contribution in [1.29, 1.82) is 0 Å². The first-order valence-electron chi connectivity index (χ1n) is 8.32. The van der Waals surface area contributed by atoms with E-state index < -0.39 is 11.5 Å². The number of H-pyrrole nitrogens is 1. The maximum absolute atomic E-state index is 12.4. The van der Waals surface area contributed by atoms with E-state index >= 15 is 0 Å². The highest BCUT2D eigenvalue weighted by molar-refractivity contribution is 7.09. The number of ether oxygens (including phenoxy) is 1. The summed E-state index contributed by atoms with van der Waals surface area (Å²) in [5.41, 5.74) is 0.140. The van der Waals surface area contributed by atoms with Crippen LogP contribution >= 0.6 is 11.3 Å². The summed E-state index contributed by atoms with van der Waals surface area (Å²) >= 11 is 1.48. The Morgan fingerprint density at radius 3 is 2.80 bits per heavy atom.